The minimum Gasteiger partial charge on any atom is -0.487 e. The van der Waals surface area contributed by atoms with Crippen molar-refractivity contribution in [2.24, 2.45) is 0 Å². The zero-order valence-electron chi connectivity index (χ0n) is 19.6. The summed E-state index contributed by atoms with van der Waals surface area (Å²) in [6, 6.07) is 6.43. The van der Waals surface area contributed by atoms with Crippen LogP contribution in [-0.4, -0.2) is 17.8 Å². The van der Waals surface area contributed by atoms with Crippen molar-refractivity contribution >= 4 is 0 Å². The van der Waals surface area contributed by atoms with E-state index in [1.165, 1.54) is 50.7 Å². The average Bonchev–Trinajstić information content (AvgIpc) is 2.80. The van der Waals surface area contributed by atoms with E-state index in [0.29, 0.717) is 12.1 Å². The molecule has 0 aliphatic carbocycles. The average molecular weight is 450 g/mol. The molecule has 2 aromatic rings. The Morgan fingerprint density at radius 2 is 1.50 bits per heavy atom. The van der Waals surface area contributed by atoms with Crippen molar-refractivity contribution in [1.29, 1.82) is 0 Å². The second-order valence-corrected chi connectivity index (χ2v) is 8.57. The number of ether oxygens (including phenoxy) is 1. The molecule has 2 rings (SSSR count). The van der Waals surface area contributed by atoms with Crippen molar-refractivity contribution in [3.8, 4) is 17.0 Å². The molecule has 5 heteroatoms. The molecule has 0 aliphatic heterocycles. The summed E-state index contributed by atoms with van der Waals surface area (Å²) in [6.07, 6.45) is 13.3. The summed E-state index contributed by atoms with van der Waals surface area (Å²) < 4.78 is 48.1. The van der Waals surface area contributed by atoms with E-state index >= 15 is 0 Å². The van der Waals surface area contributed by atoms with Crippen LogP contribution < -0.4 is 4.74 Å². The van der Waals surface area contributed by atoms with Crippen LogP contribution in [0.5, 0.6) is 5.75 Å². The Morgan fingerprint density at radius 1 is 0.812 bits per heavy atom. The molecular weight excluding hydrogens is 411 g/mol. The lowest BCUT2D eigenvalue weighted by Gasteiger charge is -2.12. The Balaban J connectivity index is 1.87. The maximum Gasteiger partial charge on any atom is 0.201 e. The van der Waals surface area contributed by atoms with Crippen LogP contribution in [0.2, 0.25) is 0 Å². The summed E-state index contributed by atoms with van der Waals surface area (Å²) >= 11 is 0. The summed E-state index contributed by atoms with van der Waals surface area (Å²) in [5.74, 6) is -2.38. The van der Waals surface area contributed by atoms with Crippen LogP contribution in [-0.2, 0) is 6.42 Å². The second-order valence-electron chi connectivity index (χ2n) is 8.57. The molecule has 1 aromatic carbocycles. The van der Waals surface area contributed by atoms with Crippen LogP contribution in [0.15, 0.2) is 30.5 Å². The monoisotopic (exact) mass is 449 g/mol. The van der Waals surface area contributed by atoms with Crippen LogP contribution in [0.3, 0.4) is 0 Å². The number of hydrogen-bond acceptors (Lipinski definition) is 2. The molecule has 178 valence electrons. The van der Waals surface area contributed by atoms with Crippen molar-refractivity contribution in [3.05, 3.63) is 47.7 Å². The van der Waals surface area contributed by atoms with Gasteiger partial charge >= 0.3 is 0 Å². The molecule has 0 saturated heterocycles. The van der Waals surface area contributed by atoms with Gasteiger partial charge in [0.2, 0.25) is 5.82 Å². The third kappa shape index (κ3) is 8.84. The first kappa shape index (κ1) is 26.2. The fourth-order valence-corrected chi connectivity index (χ4v) is 3.74. The summed E-state index contributed by atoms with van der Waals surface area (Å²) in [5, 5.41) is 0. The fourth-order valence-electron chi connectivity index (χ4n) is 3.74. The molecule has 32 heavy (non-hydrogen) atoms. The van der Waals surface area contributed by atoms with Crippen LogP contribution in [0.25, 0.3) is 11.3 Å². The molecule has 0 amide bonds. The second kappa shape index (κ2) is 14.9. The Labute approximate surface area is 191 Å². The molecule has 0 spiro atoms. The third-order valence-corrected chi connectivity index (χ3v) is 5.76. The fraction of sp³-hybridized carbons (Fsp3) is 0.593. The van der Waals surface area contributed by atoms with Crippen molar-refractivity contribution in [2.75, 3.05) is 6.61 Å². The molecule has 0 aliphatic rings. The SMILES string of the molecule is CCCCCCCCCc1ccc(-c2ccc(OC[C@@H](F)CCCCC)c(F)c2F)nc1. The highest BCUT2D eigenvalue weighted by Crippen LogP contribution is 2.29. The number of pyridine rings is 1. The van der Waals surface area contributed by atoms with E-state index < -0.39 is 17.8 Å². The summed E-state index contributed by atoms with van der Waals surface area (Å²) in [7, 11) is 0. The van der Waals surface area contributed by atoms with Gasteiger partial charge < -0.3 is 4.74 Å². The number of alkyl halides is 1. The summed E-state index contributed by atoms with van der Waals surface area (Å²) in [5.41, 5.74) is 1.55. The van der Waals surface area contributed by atoms with Crippen molar-refractivity contribution in [2.45, 2.75) is 97.1 Å². The predicted molar refractivity (Wildman–Crippen MR) is 126 cm³/mol. The number of hydrogen-bond donors (Lipinski definition) is 0. The largest absolute Gasteiger partial charge is 0.487 e. The van der Waals surface area contributed by atoms with E-state index in [0.717, 1.165) is 37.7 Å². The Hall–Kier alpha value is -2.04. The van der Waals surface area contributed by atoms with E-state index in [-0.39, 0.29) is 17.9 Å². The van der Waals surface area contributed by atoms with Gasteiger partial charge in [0.1, 0.15) is 12.8 Å². The smallest absolute Gasteiger partial charge is 0.201 e. The molecule has 0 bridgehead atoms. The van der Waals surface area contributed by atoms with Gasteiger partial charge in [0.15, 0.2) is 11.6 Å². The van der Waals surface area contributed by atoms with Crippen LogP contribution in [0.1, 0.15) is 90.0 Å². The number of benzene rings is 1. The van der Waals surface area contributed by atoms with Gasteiger partial charge in [0, 0.05) is 11.8 Å². The van der Waals surface area contributed by atoms with Crippen molar-refractivity contribution < 1.29 is 17.9 Å². The number of aryl methyl sites for hydroxylation is 1. The van der Waals surface area contributed by atoms with E-state index in [1.807, 2.05) is 13.0 Å². The number of rotatable bonds is 16. The van der Waals surface area contributed by atoms with Gasteiger partial charge in [-0.2, -0.15) is 4.39 Å². The zero-order valence-corrected chi connectivity index (χ0v) is 19.6. The lowest BCUT2D eigenvalue weighted by Crippen LogP contribution is -2.13. The number of nitrogens with zero attached hydrogens (tertiary/aromatic N) is 1. The predicted octanol–water partition coefficient (Wildman–Crippen LogP) is 8.62. The first-order chi connectivity index (χ1) is 15.6. The Kier molecular flexibility index (Phi) is 12.2. The first-order valence-corrected chi connectivity index (χ1v) is 12.3. The van der Waals surface area contributed by atoms with Gasteiger partial charge in [0.25, 0.3) is 0 Å². The Bertz CT molecular complexity index is 779. The molecule has 0 radical (unpaired) electrons. The molecule has 1 atom stereocenters. The number of unbranched alkanes of at least 4 members (excludes halogenated alkanes) is 8. The molecule has 0 N–H and O–H groups in total. The highest BCUT2D eigenvalue weighted by molar-refractivity contribution is 5.61. The molecule has 1 heterocycles. The van der Waals surface area contributed by atoms with Crippen LogP contribution >= 0.6 is 0 Å². The molecular formula is C27H38F3NO. The third-order valence-electron chi connectivity index (χ3n) is 5.76. The van der Waals surface area contributed by atoms with Gasteiger partial charge in [-0.05, 0) is 43.0 Å². The summed E-state index contributed by atoms with van der Waals surface area (Å²) in [4.78, 5) is 4.33. The standard InChI is InChI=1S/C27H38F3NO/c1-3-5-7-8-9-10-12-13-21-15-17-24(31-19-21)23-16-18-25(27(30)26(23)29)32-20-22(28)14-11-6-4-2/h15-19,22H,3-14,20H2,1-2H3/t22-/m0/s1. The molecule has 1 aromatic heterocycles. The topological polar surface area (TPSA) is 22.1 Å². The van der Waals surface area contributed by atoms with E-state index in [2.05, 4.69) is 11.9 Å². The molecule has 2 nitrogen and oxygen atoms in total. The lowest BCUT2D eigenvalue weighted by atomic mass is 10.0. The van der Waals surface area contributed by atoms with Gasteiger partial charge in [-0.3, -0.25) is 4.98 Å². The highest BCUT2D eigenvalue weighted by atomic mass is 19.2. The quantitative estimate of drug-likeness (QED) is 0.239. The zero-order chi connectivity index (χ0) is 23.2. The molecule has 0 unspecified atom stereocenters. The molecule has 0 saturated carbocycles. The van der Waals surface area contributed by atoms with Gasteiger partial charge in [-0.25, -0.2) is 8.78 Å². The van der Waals surface area contributed by atoms with Crippen molar-refractivity contribution in [1.82, 2.24) is 4.98 Å². The van der Waals surface area contributed by atoms with Crippen molar-refractivity contribution in [3.63, 3.8) is 0 Å². The van der Waals surface area contributed by atoms with Gasteiger partial charge in [-0.15, -0.1) is 0 Å². The molecule has 0 fully saturated rings. The van der Waals surface area contributed by atoms with E-state index in [1.54, 1.807) is 12.3 Å². The summed E-state index contributed by atoms with van der Waals surface area (Å²) in [6.45, 7) is 3.99. The first-order valence-electron chi connectivity index (χ1n) is 12.3. The van der Waals surface area contributed by atoms with Crippen LogP contribution in [0, 0.1) is 11.6 Å². The normalized spacial score (nSPS) is 12.2. The number of aromatic nitrogens is 1. The Morgan fingerprint density at radius 3 is 2.19 bits per heavy atom. The van der Waals surface area contributed by atoms with Gasteiger partial charge in [0.05, 0.1) is 5.69 Å². The number of halogens is 3. The van der Waals surface area contributed by atoms with E-state index in [4.69, 9.17) is 4.74 Å². The lowest BCUT2D eigenvalue weighted by molar-refractivity contribution is 0.178. The minimum absolute atomic E-state index is 0.0806. The van der Waals surface area contributed by atoms with E-state index in [9.17, 15) is 13.2 Å². The van der Waals surface area contributed by atoms with Gasteiger partial charge in [-0.1, -0.05) is 77.7 Å². The maximum absolute atomic E-state index is 14.6. The minimum atomic E-state index is -1.19. The van der Waals surface area contributed by atoms with Crippen LogP contribution in [0.4, 0.5) is 13.2 Å². The highest BCUT2D eigenvalue weighted by Gasteiger charge is 2.18. The maximum atomic E-state index is 14.6.